The van der Waals surface area contributed by atoms with E-state index in [1.807, 2.05) is 18.2 Å². The van der Waals surface area contributed by atoms with Gasteiger partial charge < -0.3 is 20.5 Å². The first-order chi connectivity index (χ1) is 18.6. The monoisotopic (exact) mass is 537 g/mol. The van der Waals surface area contributed by atoms with E-state index >= 15 is 0 Å². The Kier molecular flexibility index (Phi) is 8.23. The zero-order valence-corrected chi connectivity index (χ0v) is 21.4. The van der Waals surface area contributed by atoms with E-state index < -0.39 is 46.9 Å². The molecule has 0 saturated carbocycles. The van der Waals surface area contributed by atoms with Crippen molar-refractivity contribution >= 4 is 17.9 Å². The number of rotatable bonds is 7. The van der Waals surface area contributed by atoms with Gasteiger partial charge in [-0.25, -0.2) is 14.2 Å². The molecule has 39 heavy (non-hydrogen) atoms. The summed E-state index contributed by atoms with van der Waals surface area (Å²) in [5.41, 5.74) is -0.0341. The highest BCUT2D eigenvalue weighted by atomic mass is 19.1. The van der Waals surface area contributed by atoms with Crippen molar-refractivity contribution in [2.24, 2.45) is 7.05 Å². The second kappa shape index (κ2) is 11.8. The molecule has 0 bridgehead atoms. The van der Waals surface area contributed by atoms with Gasteiger partial charge in [0.05, 0.1) is 6.04 Å². The first-order valence-electron chi connectivity index (χ1n) is 12.2. The zero-order valence-electron chi connectivity index (χ0n) is 21.4. The number of hydrogen-bond donors (Lipinski definition) is 3. The van der Waals surface area contributed by atoms with Gasteiger partial charge in [-0.1, -0.05) is 42.5 Å². The highest BCUT2D eigenvalue weighted by molar-refractivity contribution is 5.94. The van der Waals surface area contributed by atoms with E-state index in [4.69, 9.17) is 4.74 Å². The molecule has 0 aliphatic carbocycles. The molecule has 4 rings (SSSR count). The van der Waals surface area contributed by atoms with E-state index in [1.165, 1.54) is 43.1 Å². The van der Waals surface area contributed by atoms with Crippen LogP contribution in [0.3, 0.4) is 0 Å². The second-order valence-electron chi connectivity index (χ2n) is 9.18. The van der Waals surface area contributed by atoms with E-state index in [0.717, 1.165) is 10.1 Å². The summed E-state index contributed by atoms with van der Waals surface area (Å²) in [4.78, 5) is 56.2. The predicted octanol–water partition coefficient (Wildman–Crippen LogP) is 2.14. The average molecular weight is 538 g/mol. The molecular formula is C27H28FN5O6. The maximum Gasteiger partial charge on any atom is 0.410 e. The van der Waals surface area contributed by atoms with Crippen LogP contribution in [0.1, 0.15) is 46.8 Å². The van der Waals surface area contributed by atoms with Crippen molar-refractivity contribution in [1.29, 1.82) is 0 Å². The standard InChI is InChI=1S/C27H28FN5O6/c1-16(34)30-20-12-21(33(14-20)27(38)39-15-18-6-4-3-5-7-18)24-31-22(23(35)26(37)32(24)2)25(36)29-13-17-8-10-19(28)11-9-17/h3-11,20-21,35H,12-15H2,1-2H3,(H,29,36)(H,30,34)/t20-,21-/m0/s1. The molecule has 1 fully saturated rings. The minimum absolute atomic E-state index is 0.00323. The van der Waals surface area contributed by atoms with Crippen LogP contribution >= 0.6 is 0 Å². The van der Waals surface area contributed by atoms with Crippen molar-refractivity contribution in [3.63, 3.8) is 0 Å². The molecule has 0 unspecified atom stereocenters. The van der Waals surface area contributed by atoms with Crippen LogP contribution in [-0.4, -0.2) is 50.1 Å². The molecule has 2 atom stereocenters. The molecule has 2 heterocycles. The van der Waals surface area contributed by atoms with Gasteiger partial charge in [-0.3, -0.25) is 23.9 Å². The van der Waals surface area contributed by atoms with Crippen molar-refractivity contribution in [3.05, 3.63) is 93.4 Å². The van der Waals surface area contributed by atoms with Crippen LogP contribution in [0.5, 0.6) is 5.75 Å². The number of carbonyl (C=O) groups excluding carboxylic acids is 3. The van der Waals surface area contributed by atoms with Crippen molar-refractivity contribution in [1.82, 2.24) is 25.1 Å². The number of halogens is 1. The Morgan fingerprint density at radius 1 is 1.10 bits per heavy atom. The summed E-state index contributed by atoms with van der Waals surface area (Å²) in [5, 5.41) is 15.8. The van der Waals surface area contributed by atoms with Crippen LogP contribution in [-0.2, 0) is 29.7 Å². The molecule has 12 heteroatoms. The Bertz CT molecular complexity index is 1430. The minimum Gasteiger partial charge on any atom is -0.501 e. The van der Waals surface area contributed by atoms with Crippen LogP contribution in [0.2, 0.25) is 0 Å². The van der Waals surface area contributed by atoms with Crippen molar-refractivity contribution in [3.8, 4) is 5.75 Å². The SMILES string of the molecule is CC(=O)N[C@H]1C[C@@H](c2nc(C(=O)NCc3ccc(F)cc3)c(O)c(=O)n2C)N(C(=O)OCc2ccccc2)C1. The lowest BCUT2D eigenvalue weighted by Gasteiger charge is -2.25. The first kappa shape index (κ1) is 27.3. The molecule has 2 aromatic carbocycles. The Morgan fingerprint density at radius 2 is 1.79 bits per heavy atom. The van der Waals surface area contributed by atoms with E-state index in [1.54, 1.807) is 12.1 Å². The minimum atomic E-state index is -0.882. The third-order valence-electron chi connectivity index (χ3n) is 6.33. The van der Waals surface area contributed by atoms with Crippen LogP contribution in [0.15, 0.2) is 59.4 Å². The van der Waals surface area contributed by atoms with Crippen molar-refractivity contribution < 1.29 is 28.6 Å². The quantitative estimate of drug-likeness (QED) is 0.419. The average Bonchev–Trinajstić information content (AvgIpc) is 3.33. The van der Waals surface area contributed by atoms with Gasteiger partial charge in [-0.05, 0) is 29.7 Å². The maximum absolute atomic E-state index is 13.2. The molecule has 3 amide bonds. The molecule has 0 spiro atoms. The Hall–Kier alpha value is -4.74. The number of carbonyl (C=O) groups is 3. The van der Waals surface area contributed by atoms with Gasteiger partial charge in [0.15, 0.2) is 5.69 Å². The van der Waals surface area contributed by atoms with Crippen LogP contribution < -0.4 is 16.2 Å². The number of benzene rings is 2. The van der Waals surface area contributed by atoms with Gasteiger partial charge in [0.2, 0.25) is 11.7 Å². The van der Waals surface area contributed by atoms with Gasteiger partial charge in [-0.15, -0.1) is 0 Å². The predicted molar refractivity (Wildman–Crippen MR) is 137 cm³/mol. The van der Waals surface area contributed by atoms with E-state index in [2.05, 4.69) is 15.6 Å². The fraction of sp³-hybridized carbons (Fsp3) is 0.296. The van der Waals surface area contributed by atoms with Gasteiger partial charge in [0, 0.05) is 33.1 Å². The highest BCUT2D eigenvalue weighted by Gasteiger charge is 2.40. The third-order valence-corrected chi connectivity index (χ3v) is 6.33. The Labute approximate surface area is 223 Å². The van der Waals surface area contributed by atoms with Gasteiger partial charge in [0.1, 0.15) is 18.2 Å². The van der Waals surface area contributed by atoms with Gasteiger partial charge in [-0.2, -0.15) is 0 Å². The van der Waals surface area contributed by atoms with Crippen molar-refractivity contribution in [2.45, 2.75) is 38.6 Å². The molecule has 1 aromatic heterocycles. The van der Waals surface area contributed by atoms with Gasteiger partial charge in [0.25, 0.3) is 11.5 Å². The number of nitrogens with zero attached hydrogens (tertiary/aromatic N) is 3. The number of nitrogens with one attached hydrogen (secondary N) is 2. The molecule has 204 valence electrons. The largest absolute Gasteiger partial charge is 0.501 e. The molecule has 3 aromatic rings. The molecule has 3 N–H and O–H groups in total. The smallest absolute Gasteiger partial charge is 0.410 e. The zero-order chi connectivity index (χ0) is 28.1. The summed E-state index contributed by atoms with van der Waals surface area (Å²) in [6.45, 7) is 1.44. The molecule has 11 nitrogen and oxygen atoms in total. The summed E-state index contributed by atoms with van der Waals surface area (Å²) in [7, 11) is 1.36. The number of aromatic hydroxyl groups is 1. The number of aromatic nitrogens is 2. The number of likely N-dealkylation sites (tertiary alicyclic amines) is 1. The molecule has 1 aliphatic heterocycles. The number of ether oxygens (including phenoxy) is 1. The second-order valence-corrected chi connectivity index (χ2v) is 9.18. The Balaban J connectivity index is 1.60. The summed E-state index contributed by atoms with van der Waals surface area (Å²) in [5.74, 6) is -2.37. The lowest BCUT2D eigenvalue weighted by molar-refractivity contribution is -0.119. The summed E-state index contributed by atoms with van der Waals surface area (Å²) in [6, 6.07) is 13.2. The molecule has 0 radical (unpaired) electrons. The van der Waals surface area contributed by atoms with Crippen LogP contribution in [0.4, 0.5) is 9.18 Å². The topological polar surface area (TPSA) is 143 Å². The molecule has 1 saturated heterocycles. The normalized spacial score (nSPS) is 16.5. The lowest BCUT2D eigenvalue weighted by atomic mass is 10.1. The molecule has 1 aliphatic rings. The fourth-order valence-electron chi connectivity index (χ4n) is 4.41. The lowest BCUT2D eigenvalue weighted by Crippen LogP contribution is -2.38. The first-order valence-corrected chi connectivity index (χ1v) is 12.2. The fourth-order valence-corrected chi connectivity index (χ4v) is 4.41. The summed E-state index contributed by atoms with van der Waals surface area (Å²) >= 11 is 0. The van der Waals surface area contributed by atoms with E-state index in [0.29, 0.717) is 5.56 Å². The van der Waals surface area contributed by atoms with E-state index in [-0.39, 0.29) is 37.8 Å². The number of hydrogen-bond acceptors (Lipinski definition) is 7. The van der Waals surface area contributed by atoms with Gasteiger partial charge >= 0.3 is 6.09 Å². The Morgan fingerprint density at radius 3 is 2.46 bits per heavy atom. The number of amides is 3. The summed E-state index contributed by atoms with van der Waals surface area (Å²) < 4.78 is 19.7. The molecular weight excluding hydrogens is 509 g/mol. The van der Waals surface area contributed by atoms with Crippen LogP contribution in [0, 0.1) is 5.82 Å². The highest BCUT2D eigenvalue weighted by Crippen LogP contribution is 2.32. The van der Waals surface area contributed by atoms with Crippen LogP contribution in [0.25, 0.3) is 0 Å². The summed E-state index contributed by atoms with van der Waals surface area (Å²) in [6.07, 6.45) is -0.497. The van der Waals surface area contributed by atoms with E-state index in [9.17, 15) is 28.7 Å². The van der Waals surface area contributed by atoms with Crippen molar-refractivity contribution in [2.75, 3.05) is 6.54 Å². The third kappa shape index (κ3) is 6.40. The maximum atomic E-state index is 13.2.